The number of benzene rings is 2. The van der Waals surface area contributed by atoms with Gasteiger partial charge in [0.1, 0.15) is 0 Å². The van der Waals surface area contributed by atoms with Gasteiger partial charge in [-0.3, -0.25) is 0 Å². The van der Waals surface area contributed by atoms with E-state index in [1.807, 2.05) is 32.0 Å². The molecule has 21 heavy (non-hydrogen) atoms. The van der Waals surface area contributed by atoms with Crippen LogP contribution in [-0.4, -0.2) is 6.54 Å². The van der Waals surface area contributed by atoms with E-state index in [1.54, 1.807) is 6.07 Å². The van der Waals surface area contributed by atoms with Crippen molar-refractivity contribution in [2.75, 3.05) is 6.54 Å². The molecule has 0 aromatic heterocycles. The van der Waals surface area contributed by atoms with Crippen molar-refractivity contribution in [3.8, 4) is 0 Å². The largest absolute Gasteiger partial charge is 0.310 e. The number of likely N-dealkylation sites (N-methyl/N-ethyl adjacent to an activating group) is 1. The lowest BCUT2D eigenvalue weighted by Gasteiger charge is -2.21. The van der Waals surface area contributed by atoms with Gasteiger partial charge in [-0.15, -0.1) is 0 Å². The van der Waals surface area contributed by atoms with Crippen LogP contribution in [0.25, 0.3) is 0 Å². The fraction of sp³-hybridized carbons (Fsp3) is 0.294. The van der Waals surface area contributed by atoms with Gasteiger partial charge in [-0.1, -0.05) is 30.7 Å². The van der Waals surface area contributed by atoms with Crippen LogP contribution in [-0.2, 0) is 6.42 Å². The Balaban J connectivity index is 2.28. The van der Waals surface area contributed by atoms with Crippen molar-refractivity contribution < 1.29 is 8.78 Å². The van der Waals surface area contributed by atoms with Crippen LogP contribution in [0.4, 0.5) is 8.78 Å². The van der Waals surface area contributed by atoms with Gasteiger partial charge in [0.15, 0.2) is 11.6 Å². The van der Waals surface area contributed by atoms with Gasteiger partial charge < -0.3 is 5.32 Å². The van der Waals surface area contributed by atoms with Crippen molar-refractivity contribution in [3.63, 3.8) is 0 Å². The second-order valence-corrected chi connectivity index (χ2v) is 5.50. The summed E-state index contributed by atoms with van der Waals surface area (Å²) in [4.78, 5) is 0. The number of nitrogens with one attached hydrogen (secondary N) is 1. The third-order valence-electron chi connectivity index (χ3n) is 3.48. The van der Waals surface area contributed by atoms with Crippen LogP contribution in [0, 0.1) is 18.6 Å². The molecule has 1 N–H and O–H groups in total. The maximum Gasteiger partial charge on any atom is 0.159 e. The van der Waals surface area contributed by atoms with E-state index in [1.165, 1.54) is 12.1 Å². The Labute approximate surface area is 128 Å². The van der Waals surface area contributed by atoms with Crippen LogP contribution in [0.3, 0.4) is 0 Å². The molecule has 0 heterocycles. The van der Waals surface area contributed by atoms with E-state index in [0.717, 1.165) is 23.2 Å². The number of aryl methyl sites for hydroxylation is 1. The summed E-state index contributed by atoms with van der Waals surface area (Å²) in [6, 6.07) is 9.81. The van der Waals surface area contributed by atoms with Gasteiger partial charge in [0.05, 0.1) is 0 Å². The minimum absolute atomic E-state index is 0.0390. The van der Waals surface area contributed by atoms with Gasteiger partial charge in [0.2, 0.25) is 0 Å². The molecule has 4 heteroatoms. The van der Waals surface area contributed by atoms with E-state index in [2.05, 4.69) is 5.32 Å². The zero-order chi connectivity index (χ0) is 15.4. The van der Waals surface area contributed by atoms with Crippen molar-refractivity contribution in [2.24, 2.45) is 0 Å². The highest BCUT2D eigenvalue weighted by atomic mass is 35.5. The molecule has 1 atom stereocenters. The molecule has 0 saturated carbocycles. The Hall–Kier alpha value is -1.45. The van der Waals surface area contributed by atoms with Gasteiger partial charge >= 0.3 is 0 Å². The second-order valence-electron chi connectivity index (χ2n) is 5.06. The van der Waals surface area contributed by atoms with Crippen molar-refractivity contribution in [1.29, 1.82) is 0 Å². The monoisotopic (exact) mass is 309 g/mol. The molecule has 2 aromatic rings. The van der Waals surface area contributed by atoms with Crippen LogP contribution in [0.5, 0.6) is 0 Å². The van der Waals surface area contributed by atoms with Crippen LogP contribution in [0.15, 0.2) is 36.4 Å². The minimum Gasteiger partial charge on any atom is -0.310 e. The summed E-state index contributed by atoms with van der Waals surface area (Å²) in [6.45, 7) is 4.80. The summed E-state index contributed by atoms with van der Waals surface area (Å²) in [7, 11) is 0. The van der Waals surface area contributed by atoms with Crippen molar-refractivity contribution in [3.05, 3.63) is 69.7 Å². The molecule has 0 aliphatic heterocycles. The number of hydrogen-bond donors (Lipinski definition) is 1. The summed E-state index contributed by atoms with van der Waals surface area (Å²) in [6.07, 6.45) is 0.591. The molecule has 112 valence electrons. The summed E-state index contributed by atoms with van der Waals surface area (Å²) in [5, 5.41) is 4.08. The van der Waals surface area contributed by atoms with Gasteiger partial charge in [-0.25, -0.2) is 8.78 Å². The highest BCUT2D eigenvalue weighted by Crippen LogP contribution is 2.25. The minimum atomic E-state index is -0.818. The Morgan fingerprint density at radius 3 is 2.48 bits per heavy atom. The Bertz CT molecular complexity index is 628. The van der Waals surface area contributed by atoms with Crippen molar-refractivity contribution in [1.82, 2.24) is 5.32 Å². The van der Waals surface area contributed by atoms with E-state index in [-0.39, 0.29) is 6.04 Å². The molecule has 1 unspecified atom stereocenters. The lowest BCUT2D eigenvalue weighted by atomic mass is 9.95. The maximum atomic E-state index is 13.3. The molecule has 0 aliphatic carbocycles. The molecule has 2 rings (SSSR count). The molecule has 0 aliphatic rings. The average Bonchev–Trinajstić information content (AvgIpc) is 2.42. The van der Waals surface area contributed by atoms with Gasteiger partial charge in [0, 0.05) is 11.1 Å². The van der Waals surface area contributed by atoms with E-state index in [4.69, 9.17) is 11.6 Å². The van der Waals surface area contributed by atoms with Crippen LogP contribution < -0.4 is 5.32 Å². The maximum absolute atomic E-state index is 13.3. The molecule has 0 fully saturated rings. The molecular formula is C17H18ClF2N. The topological polar surface area (TPSA) is 12.0 Å². The molecule has 0 spiro atoms. The first-order valence-electron chi connectivity index (χ1n) is 6.94. The molecule has 1 nitrogen and oxygen atoms in total. The van der Waals surface area contributed by atoms with Gasteiger partial charge in [0.25, 0.3) is 0 Å². The SMILES string of the molecule is CCNC(Cc1ccc(F)c(F)c1)c1ccc(Cl)cc1C. The predicted octanol–water partition coefficient (Wildman–Crippen LogP) is 4.82. The standard InChI is InChI=1S/C17H18ClF2N/c1-3-21-17(14-6-5-13(18)8-11(14)2)10-12-4-7-15(19)16(20)9-12/h4-9,17,21H,3,10H2,1-2H3. The van der Waals surface area contributed by atoms with Crippen LogP contribution >= 0.6 is 11.6 Å². The first kappa shape index (κ1) is 15.9. The number of halogens is 3. The zero-order valence-electron chi connectivity index (χ0n) is 12.1. The van der Waals surface area contributed by atoms with Gasteiger partial charge in [-0.05, 0) is 60.8 Å². The zero-order valence-corrected chi connectivity index (χ0v) is 12.8. The normalized spacial score (nSPS) is 12.4. The molecule has 0 amide bonds. The lowest BCUT2D eigenvalue weighted by Crippen LogP contribution is -2.23. The predicted molar refractivity (Wildman–Crippen MR) is 82.7 cm³/mol. The molecular weight excluding hydrogens is 292 g/mol. The molecule has 0 bridgehead atoms. The quantitative estimate of drug-likeness (QED) is 0.835. The highest BCUT2D eigenvalue weighted by molar-refractivity contribution is 6.30. The second kappa shape index (κ2) is 7.01. The van der Waals surface area contributed by atoms with Gasteiger partial charge in [-0.2, -0.15) is 0 Å². The number of rotatable bonds is 5. The van der Waals surface area contributed by atoms with E-state index < -0.39 is 11.6 Å². The summed E-state index contributed by atoms with van der Waals surface area (Å²) < 4.78 is 26.3. The van der Waals surface area contributed by atoms with E-state index in [0.29, 0.717) is 11.4 Å². The van der Waals surface area contributed by atoms with Crippen LogP contribution in [0.1, 0.15) is 29.7 Å². The Morgan fingerprint density at radius 1 is 1.10 bits per heavy atom. The third kappa shape index (κ3) is 4.02. The molecule has 0 radical (unpaired) electrons. The Kier molecular flexibility index (Phi) is 5.32. The lowest BCUT2D eigenvalue weighted by molar-refractivity contribution is 0.502. The van der Waals surface area contributed by atoms with Crippen molar-refractivity contribution in [2.45, 2.75) is 26.3 Å². The summed E-state index contributed by atoms with van der Waals surface area (Å²) in [5.41, 5.74) is 2.95. The highest BCUT2D eigenvalue weighted by Gasteiger charge is 2.15. The third-order valence-corrected chi connectivity index (χ3v) is 3.72. The fourth-order valence-corrected chi connectivity index (χ4v) is 2.70. The van der Waals surface area contributed by atoms with Crippen LogP contribution in [0.2, 0.25) is 5.02 Å². The van der Waals surface area contributed by atoms with Crippen molar-refractivity contribution >= 4 is 11.6 Å². The smallest absolute Gasteiger partial charge is 0.159 e. The molecule has 0 saturated heterocycles. The number of hydrogen-bond acceptors (Lipinski definition) is 1. The molecule has 2 aromatic carbocycles. The van der Waals surface area contributed by atoms with E-state index in [9.17, 15) is 8.78 Å². The summed E-state index contributed by atoms with van der Waals surface area (Å²) >= 11 is 5.99. The Morgan fingerprint density at radius 2 is 1.86 bits per heavy atom. The summed E-state index contributed by atoms with van der Waals surface area (Å²) in [5.74, 6) is -1.63. The first-order valence-corrected chi connectivity index (χ1v) is 7.32. The first-order chi connectivity index (χ1) is 10.0. The average molecular weight is 310 g/mol. The van der Waals surface area contributed by atoms with E-state index >= 15 is 0 Å². The fourth-order valence-electron chi connectivity index (χ4n) is 2.47.